The normalized spacial score (nSPS) is 12.9. The van der Waals surface area contributed by atoms with Gasteiger partial charge in [0.25, 0.3) is 0 Å². The molecule has 6 aromatic heterocycles. The first-order valence-electron chi connectivity index (χ1n) is 13.3. The van der Waals surface area contributed by atoms with E-state index in [1.165, 1.54) is 69.3 Å². The second kappa shape index (κ2) is 9.51. The molecule has 0 fully saturated rings. The van der Waals surface area contributed by atoms with Crippen molar-refractivity contribution >= 4 is 98.3 Å². The van der Waals surface area contributed by atoms with Crippen LogP contribution in [0.15, 0.2) is 54.6 Å². The Morgan fingerprint density at radius 2 is 0.900 bits per heavy atom. The van der Waals surface area contributed by atoms with Crippen LogP contribution in [0.4, 0.5) is 0 Å². The van der Waals surface area contributed by atoms with Crippen molar-refractivity contribution in [3.8, 4) is 34.3 Å². The molecule has 1 aromatic carbocycles. The highest BCUT2D eigenvalue weighted by Gasteiger charge is 2.22. The standard InChI is InChI=1S/C33H30OS6/c1-32(2,3)26-12-10-21(36-26)20-8-9-22(35-20)24-14-17-18-16-28(34-7)40-29(18)19-15-25(39-31(19)30(17)38-24)23-11-13-27(37-23)33(4,5)6/h8-16H,1-7H3. The number of ether oxygens (including phenoxy) is 1. The fourth-order valence-electron chi connectivity index (χ4n) is 4.95. The van der Waals surface area contributed by atoms with Crippen LogP contribution in [-0.4, -0.2) is 7.11 Å². The molecule has 0 spiro atoms. The lowest BCUT2D eigenvalue weighted by Gasteiger charge is -2.15. The summed E-state index contributed by atoms with van der Waals surface area (Å²) in [5, 5.41) is 4.98. The van der Waals surface area contributed by atoms with E-state index in [0.717, 1.165) is 5.06 Å². The van der Waals surface area contributed by atoms with Gasteiger partial charge in [0.05, 0.1) is 16.5 Å². The summed E-state index contributed by atoms with van der Waals surface area (Å²) in [4.78, 5) is 11.0. The van der Waals surface area contributed by atoms with Crippen molar-refractivity contribution in [1.82, 2.24) is 0 Å². The van der Waals surface area contributed by atoms with Crippen LogP contribution >= 0.6 is 68.0 Å². The molecule has 1 nitrogen and oxygen atoms in total. The van der Waals surface area contributed by atoms with Gasteiger partial charge in [0.15, 0.2) is 5.06 Å². The van der Waals surface area contributed by atoms with E-state index in [9.17, 15) is 0 Å². The van der Waals surface area contributed by atoms with Gasteiger partial charge < -0.3 is 4.74 Å². The lowest BCUT2D eigenvalue weighted by molar-refractivity contribution is 0.427. The molecule has 0 aliphatic heterocycles. The Morgan fingerprint density at radius 1 is 0.450 bits per heavy atom. The maximum absolute atomic E-state index is 5.73. The summed E-state index contributed by atoms with van der Waals surface area (Å²) in [5.41, 5.74) is 0.352. The largest absolute Gasteiger partial charge is 0.487 e. The molecule has 0 aliphatic carbocycles. The van der Waals surface area contributed by atoms with E-state index >= 15 is 0 Å². The molecular weight excluding hydrogens is 605 g/mol. The average Bonchev–Trinajstić information content (AvgIpc) is 3.73. The predicted molar refractivity (Wildman–Crippen MR) is 186 cm³/mol. The van der Waals surface area contributed by atoms with E-state index in [2.05, 4.69) is 96.1 Å². The van der Waals surface area contributed by atoms with Crippen LogP contribution in [0.1, 0.15) is 51.3 Å². The van der Waals surface area contributed by atoms with Crippen molar-refractivity contribution in [3.63, 3.8) is 0 Å². The Labute approximate surface area is 259 Å². The highest BCUT2D eigenvalue weighted by Crippen LogP contribution is 2.52. The number of fused-ring (bicyclic) bond motifs is 6. The number of rotatable bonds is 4. The molecule has 204 valence electrons. The second-order valence-electron chi connectivity index (χ2n) is 12.2. The van der Waals surface area contributed by atoms with Crippen LogP contribution in [0.3, 0.4) is 0 Å². The fourth-order valence-corrected chi connectivity index (χ4v) is 11.9. The Bertz CT molecular complexity index is 2020. The third-order valence-electron chi connectivity index (χ3n) is 7.14. The van der Waals surface area contributed by atoms with E-state index < -0.39 is 0 Å². The molecule has 7 rings (SSSR count). The molecule has 40 heavy (non-hydrogen) atoms. The van der Waals surface area contributed by atoms with E-state index in [1.807, 2.05) is 56.7 Å². The zero-order chi connectivity index (χ0) is 28.0. The van der Waals surface area contributed by atoms with Gasteiger partial charge in [0.1, 0.15) is 0 Å². The first kappa shape index (κ1) is 26.9. The van der Waals surface area contributed by atoms with Crippen molar-refractivity contribution in [2.75, 3.05) is 7.11 Å². The molecule has 6 heterocycles. The minimum atomic E-state index is 0.168. The first-order chi connectivity index (χ1) is 19.0. The number of thiophene rings is 6. The lowest BCUT2D eigenvalue weighted by atomic mass is 9.95. The third-order valence-corrected chi connectivity index (χ3v) is 15.4. The van der Waals surface area contributed by atoms with Gasteiger partial charge in [-0.1, -0.05) is 52.9 Å². The maximum Gasteiger partial charge on any atom is 0.174 e. The molecule has 0 saturated carbocycles. The zero-order valence-electron chi connectivity index (χ0n) is 23.6. The molecule has 0 N–H and O–H groups in total. The van der Waals surface area contributed by atoms with Crippen LogP contribution in [-0.2, 0) is 10.8 Å². The fraction of sp³-hybridized carbons (Fsp3) is 0.273. The van der Waals surface area contributed by atoms with Gasteiger partial charge in [-0.2, -0.15) is 0 Å². The minimum Gasteiger partial charge on any atom is -0.487 e. The average molecular weight is 635 g/mol. The molecule has 0 bridgehead atoms. The summed E-state index contributed by atoms with van der Waals surface area (Å²) < 4.78 is 9.85. The summed E-state index contributed by atoms with van der Waals surface area (Å²) >= 11 is 11.4. The summed E-state index contributed by atoms with van der Waals surface area (Å²) in [7, 11) is 1.78. The molecular formula is C33H30OS6. The van der Waals surface area contributed by atoms with Crippen LogP contribution in [0, 0.1) is 0 Å². The number of hydrogen-bond donors (Lipinski definition) is 0. The van der Waals surface area contributed by atoms with Gasteiger partial charge in [0, 0.05) is 65.9 Å². The second-order valence-corrected chi connectivity index (χ2v) is 18.6. The monoisotopic (exact) mass is 634 g/mol. The third kappa shape index (κ3) is 4.50. The molecule has 0 radical (unpaired) electrons. The van der Waals surface area contributed by atoms with Gasteiger partial charge in [-0.05, 0) is 59.4 Å². The van der Waals surface area contributed by atoms with E-state index in [4.69, 9.17) is 4.74 Å². The zero-order valence-corrected chi connectivity index (χ0v) is 28.5. The summed E-state index contributed by atoms with van der Waals surface area (Å²) in [6.07, 6.45) is 0. The Balaban J connectivity index is 1.37. The van der Waals surface area contributed by atoms with E-state index in [-0.39, 0.29) is 10.8 Å². The Kier molecular flexibility index (Phi) is 6.39. The highest BCUT2D eigenvalue weighted by atomic mass is 32.1. The number of benzene rings is 1. The van der Waals surface area contributed by atoms with Crippen LogP contribution < -0.4 is 4.74 Å². The van der Waals surface area contributed by atoms with Gasteiger partial charge in [-0.25, -0.2) is 0 Å². The Hall–Kier alpha value is -2.00. The summed E-state index contributed by atoms with van der Waals surface area (Å²) in [6.45, 7) is 13.8. The topological polar surface area (TPSA) is 9.23 Å². The van der Waals surface area contributed by atoms with E-state index in [0.29, 0.717) is 0 Å². The van der Waals surface area contributed by atoms with Gasteiger partial charge >= 0.3 is 0 Å². The Morgan fingerprint density at radius 3 is 1.45 bits per heavy atom. The molecule has 0 aliphatic rings. The molecule has 0 unspecified atom stereocenters. The van der Waals surface area contributed by atoms with Crippen molar-refractivity contribution in [1.29, 1.82) is 0 Å². The lowest BCUT2D eigenvalue weighted by Crippen LogP contribution is -2.07. The van der Waals surface area contributed by atoms with Crippen LogP contribution in [0.5, 0.6) is 5.06 Å². The van der Waals surface area contributed by atoms with Gasteiger partial charge in [0.2, 0.25) is 0 Å². The van der Waals surface area contributed by atoms with Crippen molar-refractivity contribution in [2.45, 2.75) is 52.4 Å². The molecule has 0 saturated heterocycles. The van der Waals surface area contributed by atoms with Crippen molar-refractivity contribution < 1.29 is 4.74 Å². The molecule has 0 atom stereocenters. The molecule has 7 heteroatoms. The van der Waals surface area contributed by atoms with Crippen molar-refractivity contribution in [3.05, 3.63) is 64.4 Å². The summed E-state index contributed by atoms with van der Waals surface area (Å²) in [5.74, 6) is 0. The first-order valence-corrected chi connectivity index (χ1v) is 18.2. The SMILES string of the molecule is COc1cc2c3cc(-c4ccc(-c5ccc(C(C)(C)C)s5)s4)sc3c3sc(-c4ccc(C(C)(C)C)s4)cc3c2s1. The van der Waals surface area contributed by atoms with Crippen LogP contribution in [0.25, 0.3) is 59.5 Å². The van der Waals surface area contributed by atoms with E-state index in [1.54, 1.807) is 18.4 Å². The molecule has 0 amide bonds. The van der Waals surface area contributed by atoms with Gasteiger partial charge in [-0.3, -0.25) is 0 Å². The minimum absolute atomic E-state index is 0.168. The number of methoxy groups -OCH3 is 1. The van der Waals surface area contributed by atoms with Crippen LogP contribution in [0.2, 0.25) is 0 Å². The predicted octanol–water partition coefficient (Wildman–Crippen LogP) is 13.1. The summed E-state index contributed by atoms with van der Waals surface area (Å²) in [6, 6.07) is 20.9. The maximum atomic E-state index is 5.73. The highest BCUT2D eigenvalue weighted by molar-refractivity contribution is 7.34. The number of hydrogen-bond acceptors (Lipinski definition) is 7. The quantitative estimate of drug-likeness (QED) is 0.187. The van der Waals surface area contributed by atoms with Crippen molar-refractivity contribution in [2.24, 2.45) is 0 Å². The smallest absolute Gasteiger partial charge is 0.174 e. The van der Waals surface area contributed by atoms with Gasteiger partial charge in [-0.15, -0.1) is 56.7 Å². The molecule has 7 aromatic rings.